The summed E-state index contributed by atoms with van der Waals surface area (Å²) in [6, 6.07) is 30.1. The lowest BCUT2D eigenvalue weighted by Crippen LogP contribution is -2.23. The SMILES string of the molecule is O=C(O)c1cc(-c2ccccc2)cc(C(=O)O)c1N(c1ccccc1)c1c(C(=O)O)cc(-c2ccccc2)cc1C(=O)O. The number of para-hydroxylation sites is 1. The molecule has 0 radical (unpaired) electrons. The predicted octanol–water partition coefficient (Wildman–Crippen LogP) is 7.28. The Bertz CT molecular complexity index is 1680. The number of benzene rings is 5. The number of aromatic carboxylic acids is 4. The molecule has 0 saturated heterocycles. The molecule has 0 atom stereocenters. The number of carboxylic acids is 4. The molecule has 5 aromatic carbocycles. The van der Waals surface area contributed by atoms with Gasteiger partial charge >= 0.3 is 23.9 Å². The lowest BCUT2D eigenvalue weighted by molar-refractivity contribution is 0.0680. The molecule has 0 heterocycles. The molecule has 43 heavy (non-hydrogen) atoms. The minimum Gasteiger partial charge on any atom is -0.478 e. The summed E-state index contributed by atoms with van der Waals surface area (Å²) in [4.78, 5) is 52.2. The van der Waals surface area contributed by atoms with Gasteiger partial charge < -0.3 is 25.3 Å². The van der Waals surface area contributed by atoms with E-state index in [0.717, 1.165) is 4.90 Å². The highest BCUT2D eigenvalue weighted by Crippen LogP contribution is 2.45. The first-order valence-corrected chi connectivity index (χ1v) is 12.9. The molecule has 5 rings (SSSR count). The molecule has 0 saturated carbocycles. The van der Waals surface area contributed by atoms with E-state index < -0.39 is 57.5 Å². The fourth-order valence-corrected chi connectivity index (χ4v) is 4.94. The van der Waals surface area contributed by atoms with Crippen molar-refractivity contribution in [3.05, 3.63) is 138 Å². The van der Waals surface area contributed by atoms with Crippen molar-refractivity contribution in [1.29, 1.82) is 0 Å². The first kappa shape index (κ1) is 28.3. The van der Waals surface area contributed by atoms with E-state index in [2.05, 4.69) is 0 Å². The van der Waals surface area contributed by atoms with Gasteiger partial charge in [0.15, 0.2) is 0 Å². The molecule has 212 valence electrons. The number of carbonyl (C=O) groups is 4. The first-order valence-electron chi connectivity index (χ1n) is 12.9. The maximum Gasteiger partial charge on any atom is 0.337 e. The molecule has 0 aromatic heterocycles. The van der Waals surface area contributed by atoms with Gasteiger partial charge in [-0.25, -0.2) is 19.2 Å². The Morgan fingerprint density at radius 1 is 0.395 bits per heavy atom. The summed E-state index contributed by atoms with van der Waals surface area (Å²) in [5.41, 5.74) is -0.837. The molecule has 4 N–H and O–H groups in total. The number of hydrogen-bond donors (Lipinski definition) is 4. The lowest BCUT2D eigenvalue weighted by atomic mass is 9.93. The molecule has 0 amide bonds. The van der Waals surface area contributed by atoms with Gasteiger partial charge in [-0.15, -0.1) is 0 Å². The number of anilines is 3. The third kappa shape index (κ3) is 5.55. The molecule has 0 aliphatic heterocycles. The van der Waals surface area contributed by atoms with E-state index in [0.29, 0.717) is 22.3 Å². The van der Waals surface area contributed by atoms with Crippen molar-refractivity contribution in [3.63, 3.8) is 0 Å². The normalized spacial score (nSPS) is 10.6. The van der Waals surface area contributed by atoms with Crippen LogP contribution in [0.5, 0.6) is 0 Å². The summed E-state index contributed by atoms with van der Waals surface area (Å²) < 4.78 is 0. The van der Waals surface area contributed by atoms with Crippen LogP contribution in [-0.2, 0) is 0 Å². The summed E-state index contributed by atoms with van der Waals surface area (Å²) in [7, 11) is 0. The second-order valence-electron chi connectivity index (χ2n) is 9.46. The number of rotatable bonds is 9. The second kappa shape index (κ2) is 11.7. The molecule has 9 nitrogen and oxygen atoms in total. The molecule has 0 aliphatic rings. The Hall–Kier alpha value is -6.22. The largest absolute Gasteiger partial charge is 0.478 e. The minimum absolute atomic E-state index is 0.150. The Morgan fingerprint density at radius 3 is 0.953 bits per heavy atom. The zero-order valence-electron chi connectivity index (χ0n) is 22.3. The number of hydrogen-bond acceptors (Lipinski definition) is 5. The average molecular weight is 574 g/mol. The fraction of sp³-hybridized carbons (Fsp3) is 0. The van der Waals surface area contributed by atoms with Gasteiger partial charge in [0.05, 0.1) is 33.6 Å². The highest BCUT2D eigenvalue weighted by molar-refractivity contribution is 6.13. The van der Waals surface area contributed by atoms with Crippen LogP contribution >= 0.6 is 0 Å². The Morgan fingerprint density at radius 2 is 0.674 bits per heavy atom. The van der Waals surface area contributed by atoms with Crippen molar-refractivity contribution in [1.82, 2.24) is 0 Å². The van der Waals surface area contributed by atoms with E-state index in [-0.39, 0.29) is 5.69 Å². The van der Waals surface area contributed by atoms with E-state index in [4.69, 9.17) is 0 Å². The predicted molar refractivity (Wildman–Crippen MR) is 160 cm³/mol. The Balaban J connectivity index is 1.93. The van der Waals surface area contributed by atoms with E-state index in [9.17, 15) is 39.6 Å². The lowest BCUT2D eigenvalue weighted by Gasteiger charge is -2.31. The van der Waals surface area contributed by atoms with Crippen LogP contribution in [0.1, 0.15) is 41.4 Å². The molecule has 0 aliphatic carbocycles. The molecule has 0 bridgehead atoms. The van der Waals surface area contributed by atoms with Crippen molar-refractivity contribution >= 4 is 40.9 Å². The average Bonchev–Trinajstić information content (AvgIpc) is 3.02. The molecule has 5 aromatic rings. The van der Waals surface area contributed by atoms with Gasteiger partial charge in [-0.3, -0.25) is 0 Å². The highest BCUT2D eigenvalue weighted by Gasteiger charge is 2.33. The molecule has 0 unspecified atom stereocenters. The van der Waals surface area contributed by atoms with Crippen molar-refractivity contribution in [2.45, 2.75) is 0 Å². The molecule has 0 spiro atoms. The summed E-state index contributed by atoms with van der Waals surface area (Å²) >= 11 is 0. The van der Waals surface area contributed by atoms with Crippen LogP contribution in [0.25, 0.3) is 22.3 Å². The fourth-order valence-electron chi connectivity index (χ4n) is 4.94. The third-order valence-corrected chi connectivity index (χ3v) is 6.82. The van der Waals surface area contributed by atoms with Gasteiger partial charge in [0, 0.05) is 5.69 Å². The Kier molecular flexibility index (Phi) is 7.71. The summed E-state index contributed by atoms with van der Waals surface area (Å²) in [6.45, 7) is 0. The highest BCUT2D eigenvalue weighted by atomic mass is 16.4. The minimum atomic E-state index is -1.49. The first-order chi connectivity index (χ1) is 20.7. The molecule has 9 heteroatoms. The number of nitrogens with zero attached hydrogens (tertiary/aromatic N) is 1. The maximum atomic E-state index is 12.8. The van der Waals surface area contributed by atoms with Crippen molar-refractivity contribution in [2.75, 3.05) is 4.90 Å². The van der Waals surface area contributed by atoms with Crippen molar-refractivity contribution < 1.29 is 39.6 Å². The maximum absolute atomic E-state index is 12.8. The van der Waals surface area contributed by atoms with Gasteiger partial charge in [-0.2, -0.15) is 0 Å². The van der Waals surface area contributed by atoms with E-state index in [1.807, 2.05) is 0 Å². The molecular weight excluding hydrogens is 550 g/mol. The zero-order chi connectivity index (χ0) is 30.7. The van der Waals surface area contributed by atoms with Gasteiger partial charge in [-0.05, 0) is 58.7 Å². The van der Waals surface area contributed by atoms with Crippen LogP contribution in [0.2, 0.25) is 0 Å². The summed E-state index contributed by atoms with van der Waals surface area (Å²) in [6.07, 6.45) is 0. The van der Waals surface area contributed by atoms with Crippen molar-refractivity contribution in [2.24, 2.45) is 0 Å². The smallest absolute Gasteiger partial charge is 0.337 e. The number of carboxylic acid groups (broad SMARTS) is 4. The van der Waals surface area contributed by atoms with Crippen LogP contribution in [0.15, 0.2) is 115 Å². The van der Waals surface area contributed by atoms with Gasteiger partial charge in [0.1, 0.15) is 0 Å². The van der Waals surface area contributed by atoms with E-state index in [1.165, 1.54) is 36.4 Å². The topological polar surface area (TPSA) is 152 Å². The van der Waals surface area contributed by atoms with Crippen LogP contribution in [0.4, 0.5) is 17.1 Å². The van der Waals surface area contributed by atoms with Crippen LogP contribution in [0, 0.1) is 0 Å². The molecule has 0 fully saturated rings. The summed E-state index contributed by atoms with van der Waals surface area (Å²) in [5.74, 6) is -5.98. The standard InChI is InChI=1S/C34H23NO8/c36-31(37)25-16-22(20-10-4-1-5-11-20)17-26(32(38)39)29(25)35(24-14-8-3-9-15-24)30-27(33(40)41)18-23(19-28(30)34(42)43)21-12-6-2-7-13-21/h1-19H,(H,36,37)(H,38,39)(H,40,41)(H,42,43). The van der Waals surface area contributed by atoms with E-state index >= 15 is 0 Å². The Labute approximate surface area is 245 Å². The van der Waals surface area contributed by atoms with Gasteiger partial charge in [0.25, 0.3) is 0 Å². The zero-order valence-corrected chi connectivity index (χ0v) is 22.3. The third-order valence-electron chi connectivity index (χ3n) is 6.82. The van der Waals surface area contributed by atoms with Crippen LogP contribution in [0.3, 0.4) is 0 Å². The van der Waals surface area contributed by atoms with Gasteiger partial charge in [0.2, 0.25) is 0 Å². The monoisotopic (exact) mass is 573 g/mol. The molecular formula is C34H23NO8. The second-order valence-corrected chi connectivity index (χ2v) is 9.46. The summed E-state index contributed by atoms with van der Waals surface area (Å²) in [5, 5.41) is 41.5. The van der Waals surface area contributed by atoms with Crippen LogP contribution < -0.4 is 4.90 Å². The van der Waals surface area contributed by atoms with Crippen LogP contribution in [-0.4, -0.2) is 44.3 Å². The van der Waals surface area contributed by atoms with Gasteiger partial charge in [-0.1, -0.05) is 78.9 Å². The van der Waals surface area contributed by atoms with Crippen molar-refractivity contribution in [3.8, 4) is 22.3 Å². The quantitative estimate of drug-likeness (QED) is 0.142. The van der Waals surface area contributed by atoms with E-state index in [1.54, 1.807) is 78.9 Å².